The highest BCUT2D eigenvalue weighted by molar-refractivity contribution is 7.99. The first kappa shape index (κ1) is 23.3. The molecular weight excluding hydrogens is 480 g/mol. The van der Waals surface area contributed by atoms with Gasteiger partial charge in [0, 0.05) is 11.1 Å². The van der Waals surface area contributed by atoms with Crippen LogP contribution >= 0.6 is 23.1 Å². The van der Waals surface area contributed by atoms with E-state index in [4.69, 9.17) is 9.40 Å². The minimum absolute atomic E-state index is 0.0674. The third kappa shape index (κ3) is 5.16. The van der Waals surface area contributed by atoms with E-state index in [1.54, 1.807) is 40.4 Å². The summed E-state index contributed by atoms with van der Waals surface area (Å²) in [7, 11) is 0. The molecule has 9 heteroatoms. The van der Waals surface area contributed by atoms with Gasteiger partial charge in [-0.3, -0.25) is 14.2 Å². The molecule has 0 atom stereocenters. The number of aromatic nitrogens is 2. The molecule has 5 rings (SSSR count). The predicted octanol–water partition coefficient (Wildman–Crippen LogP) is 5.13. The van der Waals surface area contributed by atoms with Crippen molar-refractivity contribution in [2.45, 2.75) is 37.8 Å². The van der Waals surface area contributed by atoms with Crippen LogP contribution in [0.5, 0.6) is 0 Å². The Bertz CT molecular complexity index is 1470. The number of hydrogen-bond donors (Lipinski definition) is 1. The maximum atomic E-state index is 13.7. The second-order valence-corrected chi connectivity index (χ2v) is 10.3. The van der Waals surface area contributed by atoms with Gasteiger partial charge in [0.1, 0.15) is 10.6 Å². The molecule has 0 unspecified atom stereocenters. The first-order chi connectivity index (χ1) is 17.1. The van der Waals surface area contributed by atoms with Crippen LogP contribution in [0, 0.1) is 6.92 Å². The lowest BCUT2D eigenvalue weighted by atomic mass is 9.97. The van der Waals surface area contributed by atoms with E-state index in [2.05, 4.69) is 10.5 Å². The average molecular weight is 505 g/mol. The molecule has 0 fully saturated rings. The van der Waals surface area contributed by atoms with Gasteiger partial charge < -0.3 is 4.42 Å². The molecule has 178 valence electrons. The van der Waals surface area contributed by atoms with Crippen molar-refractivity contribution in [1.29, 1.82) is 0 Å². The van der Waals surface area contributed by atoms with Crippen LogP contribution in [0.3, 0.4) is 0 Å². The van der Waals surface area contributed by atoms with Crippen molar-refractivity contribution < 1.29 is 9.21 Å². The van der Waals surface area contributed by atoms with E-state index < -0.39 is 0 Å². The number of furan rings is 1. The lowest BCUT2D eigenvalue weighted by Gasteiger charge is -2.13. The van der Waals surface area contributed by atoms with Crippen LogP contribution < -0.4 is 11.0 Å². The van der Waals surface area contributed by atoms with E-state index in [0.29, 0.717) is 10.9 Å². The first-order valence-electron chi connectivity index (χ1n) is 11.4. The van der Waals surface area contributed by atoms with Crippen LogP contribution in [0.4, 0.5) is 0 Å². The second-order valence-electron chi connectivity index (χ2n) is 8.24. The lowest BCUT2D eigenvalue weighted by molar-refractivity contribution is -0.118. The van der Waals surface area contributed by atoms with Gasteiger partial charge in [-0.05, 0) is 74.6 Å². The number of fused-ring (bicyclic) bond motifs is 3. The molecule has 3 aromatic heterocycles. The van der Waals surface area contributed by atoms with Gasteiger partial charge in [0.2, 0.25) is 0 Å². The quantitative estimate of drug-likeness (QED) is 0.163. The van der Waals surface area contributed by atoms with Crippen molar-refractivity contribution in [1.82, 2.24) is 15.0 Å². The van der Waals surface area contributed by atoms with Crippen molar-refractivity contribution in [2.75, 3.05) is 5.75 Å². The topological polar surface area (TPSA) is 89.5 Å². The highest BCUT2D eigenvalue weighted by atomic mass is 32.2. The molecule has 1 amide bonds. The number of rotatable bonds is 7. The van der Waals surface area contributed by atoms with E-state index >= 15 is 0 Å². The Labute approximate surface area is 210 Å². The average Bonchev–Trinajstić information content (AvgIpc) is 3.51. The summed E-state index contributed by atoms with van der Waals surface area (Å²) in [6, 6.07) is 11.4. The van der Waals surface area contributed by atoms with Crippen LogP contribution in [0.15, 0.2) is 68.2 Å². The molecule has 0 bridgehead atoms. The van der Waals surface area contributed by atoms with Gasteiger partial charge in [0.05, 0.1) is 23.1 Å². The first-order valence-corrected chi connectivity index (χ1v) is 13.2. The number of carbonyl (C=O) groups is 1. The van der Waals surface area contributed by atoms with Gasteiger partial charge in [-0.2, -0.15) is 5.10 Å². The van der Waals surface area contributed by atoms with E-state index in [1.807, 2.05) is 37.3 Å². The summed E-state index contributed by atoms with van der Waals surface area (Å²) in [4.78, 5) is 33.0. The molecule has 0 saturated heterocycles. The highest BCUT2D eigenvalue weighted by Gasteiger charge is 2.23. The number of thiophene rings is 1. The predicted molar refractivity (Wildman–Crippen MR) is 142 cm³/mol. The van der Waals surface area contributed by atoms with Crippen LogP contribution in [-0.2, 0) is 17.6 Å². The number of hydrogen-bond acceptors (Lipinski definition) is 7. The van der Waals surface area contributed by atoms with Crippen LogP contribution in [0.25, 0.3) is 22.0 Å². The number of allylic oxidation sites excluding steroid dienone is 1. The van der Waals surface area contributed by atoms with Crippen molar-refractivity contribution in [3.8, 4) is 5.69 Å². The number of carbonyl (C=O) groups excluding carboxylic acids is 1. The Kier molecular flexibility index (Phi) is 6.96. The number of thioether (sulfide) groups is 1. The van der Waals surface area contributed by atoms with Crippen molar-refractivity contribution in [2.24, 2.45) is 5.10 Å². The zero-order valence-corrected chi connectivity index (χ0v) is 20.8. The van der Waals surface area contributed by atoms with Gasteiger partial charge in [-0.1, -0.05) is 29.5 Å². The maximum absolute atomic E-state index is 13.7. The SMILES string of the molecule is Cc1ccc(-n2c(SCC(=O)N/N=C/C=C/c3ccco3)nc3sc4c(c3c2=O)CCCC4)cc1. The van der Waals surface area contributed by atoms with Crippen molar-refractivity contribution >= 4 is 51.5 Å². The summed E-state index contributed by atoms with van der Waals surface area (Å²) in [5.41, 5.74) is 5.45. The zero-order valence-electron chi connectivity index (χ0n) is 19.2. The molecule has 0 aliphatic heterocycles. The number of hydrazone groups is 1. The van der Waals surface area contributed by atoms with Crippen molar-refractivity contribution in [3.63, 3.8) is 0 Å². The number of amides is 1. The number of nitrogens with one attached hydrogen (secondary N) is 1. The van der Waals surface area contributed by atoms with Crippen LogP contribution in [0.2, 0.25) is 0 Å². The van der Waals surface area contributed by atoms with Gasteiger partial charge in [0.25, 0.3) is 11.5 Å². The van der Waals surface area contributed by atoms with Crippen LogP contribution in [0.1, 0.15) is 34.6 Å². The van der Waals surface area contributed by atoms with Gasteiger partial charge in [-0.25, -0.2) is 10.4 Å². The number of benzene rings is 1. The lowest BCUT2D eigenvalue weighted by Crippen LogP contribution is -2.24. The number of aryl methyl sites for hydroxylation is 3. The Balaban J connectivity index is 1.39. The Morgan fingerprint density at radius 2 is 2.09 bits per heavy atom. The third-order valence-electron chi connectivity index (χ3n) is 5.74. The Morgan fingerprint density at radius 3 is 2.89 bits per heavy atom. The monoisotopic (exact) mass is 504 g/mol. The smallest absolute Gasteiger partial charge is 0.267 e. The molecule has 3 heterocycles. The molecule has 0 saturated carbocycles. The molecule has 1 aliphatic rings. The Hall–Kier alpha value is -3.43. The molecule has 1 N–H and O–H groups in total. The largest absolute Gasteiger partial charge is 0.465 e. The summed E-state index contributed by atoms with van der Waals surface area (Å²) < 4.78 is 6.83. The van der Waals surface area contributed by atoms with E-state index in [1.165, 1.54) is 22.9 Å². The fraction of sp³-hybridized carbons (Fsp3) is 0.231. The molecule has 1 aromatic carbocycles. The molecule has 0 radical (unpaired) electrons. The van der Waals surface area contributed by atoms with Gasteiger partial charge >= 0.3 is 0 Å². The molecule has 1 aliphatic carbocycles. The van der Waals surface area contributed by atoms with Gasteiger partial charge in [-0.15, -0.1) is 11.3 Å². The summed E-state index contributed by atoms with van der Waals surface area (Å²) >= 11 is 2.84. The summed E-state index contributed by atoms with van der Waals surface area (Å²) in [5.74, 6) is 0.491. The summed E-state index contributed by atoms with van der Waals surface area (Å²) in [5, 5.41) is 5.16. The minimum Gasteiger partial charge on any atom is -0.465 e. The third-order valence-corrected chi connectivity index (χ3v) is 7.86. The maximum Gasteiger partial charge on any atom is 0.267 e. The van der Waals surface area contributed by atoms with Crippen molar-refractivity contribution in [3.05, 3.63) is 80.9 Å². The normalized spacial score (nSPS) is 13.6. The van der Waals surface area contributed by atoms with E-state index in [0.717, 1.165) is 52.7 Å². The molecule has 7 nitrogen and oxygen atoms in total. The van der Waals surface area contributed by atoms with E-state index in [9.17, 15) is 9.59 Å². The van der Waals surface area contributed by atoms with Gasteiger partial charge in [0.15, 0.2) is 5.16 Å². The minimum atomic E-state index is -0.284. The number of nitrogens with zero attached hydrogens (tertiary/aromatic N) is 3. The van der Waals surface area contributed by atoms with E-state index in [-0.39, 0.29) is 17.2 Å². The Morgan fingerprint density at radius 1 is 1.26 bits per heavy atom. The summed E-state index contributed by atoms with van der Waals surface area (Å²) in [6.45, 7) is 2.01. The van der Waals surface area contributed by atoms with Crippen LogP contribution in [-0.4, -0.2) is 27.4 Å². The molecular formula is C26H24N4O3S2. The second kappa shape index (κ2) is 10.5. The molecule has 35 heavy (non-hydrogen) atoms. The molecule has 0 spiro atoms. The molecule has 4 aromatic rings. The zero-order chi connectivity index (χ0) is 24.2. The fourth-order valence-corrected chi connectivity index (χ4v) is 6.15. The fourth-order valence-electron chi connectivity index (χ4n) is 4.04. The standard InChI is InChI=1S/C26H24N4O3S2/c1-17-10-12-18(13-11-17)30-25(32)23-20-8-2-3-9-21(20)35-24(23)28-26(30)34-16-22(31)29-27-14-4-6-19-7-5-15-33-19/h4-7,10-15H,2-3,8-9,16H2,1H3,(H,29,31)/b6-4+,27-14+. The summed E-state index contributed by atoms with van der Waals surface area (Å²) in [6.07, 6.45) is 10.6. The highest BCUT2D eigenvalue weighted by Crippen LogP contribution is 2.35.